The lowest BCUT2D eigenvalue weighted by Gasteiger charge is -2.28. The van der Waals surface area contributed by atoms with Crippen molar-refractivity contribution in [2.45, 2.75) is 17.4 Å². The number of halogens is 1. The van der Waals surface area contributed by atoms with Gasteiger partial charge in [0.1, 0.15) is 0 Å². The van der Waals surface area contributed by atoms with E-state index >= 15 is 0 Å². The van der Waals surface area contributed by atoms with Crippen LogP contribution in [0.2, 0.25) is 0 Å². The Morgan fingerprint density at radius 2 is 1.78 bits per heavy atom. The SMILES string of the molecule is CN(C)CCN([C@H]1CCS(=O)(=O)C1)S(=O)(=O)c1ccc(Br)cc1. The van der Waals surface area contributed by atoms with Crippen LogP contribution in [0.5, 0.6) is 0 Å². The van der Waals surface area contributed by atoms with Crippen LogP contribution in [0, 0.1) is 0 Å². The summed E-state index contributed by atoms with van der Waals surface area (Å²) in [4.78, 5) is 2.07. The van der Waals surface area contributed by atoms with E-state index < -0.39 is 25.9 Å². The van der Waals surface area contributed by atoms with E-state index in [-0.39, 0.29) is 22.9 Å². The molecule has 2 rings (SSSR count). The van der Waals surface area contributed by atoms with Crippen molar-refractivity contribution in [1.82, 2.24) is 9.21 Å². The quantitative estimate of drug-likeness (QED) is 0.685. The summed E-state index contributed by atoms with van der Waals surface area (Å²) >= 11 is 3.29. The molecule has 0 bridgehead atoms. The molecule has 1 saturated heterocycles. The summed E-state index contributed by atoms with van der Waals surface area (Å²) in [6, 6.07) is 5.91. The van der Waals surface area contributed by atoms with Crippen molar-refractivity contribution in [3.63, 3.8) is 0 Å². The summed E-state index contributed by atoms with van der Waals surface area (Å²) in [7, 11) is -3.17. The van der Waals surface area contributed by atoms with Gasteiger partial charge in [0.15, 0.2) is 9.84 Å². The lowest BCUT2D eigenvalue weighted by molar-refractivity contribution is 0.293. The highest BCUT2D eigenvalue weighted by atomic mass is 79.9. The van der Waals surface area contributed by atoms with Gasteiger partial charge in [0, 0.05) is 23.6 Å². The molecule has 9 heteroatoms. The summed E-state index contributed by atoms with van der Waals surface area (Å²) in [5.74, 6) is -0.0534. The highest BCUT2D eigenvalue weighted by molar-refractivity contribution is 9.10. The molecule has 0 aliphatic carbocycles. The van der Waals surface area contributed by atoms with Gasteiger partial charge >= 0.3 is 0 Å². The van der Waals surface area contributed by atoms with E-state index in [1.807, 2.05) is 19.0 Å². The minimum atomic E-state index is -3.73. The van der Waals surface area contributed by atoms with Gasteiger partial charge in [-0.2, -0.15) is 4.31 Å². The predicted octanol–water partition coefficient (Wildman–Crippen LogP) is 1.19. The Hall–Kier alpha value is -0.480. The fourth-order valence-electron chi connectivity index (χ4n) is 2.54. The van der Waals surface area contributed by atoms with E-state index in [9.17, 15) is 16.8 Å². The zero-order valence-corrected chi connectivity index (χ0v) is 16.4. The molecule has 1 atom stereocenters. The first-order chi connectivity index (χ1) is 10.6. The topological polar surface area (TPSA) is 74.8 Å². The zero-order valence-electron chi connectivity index (χ0n) is 13.1. The largest absolute Gasteiger partial charge is 0.308 e. The van der Waals surface area contributed by atoms with Crippen LogP contribution in [0.3, 0.4) is 0 Å². The highest BCUT2D eigenvalue weighted by Crippen LogP contribution is 2.25. The van der Waals surface area contributed by atoms with Crippen molar-refractivity contribution in [1.29, 1.82) is 0 Å². The molecule has 1 aliphatic heterocycles. The zero-order chi connectivity index (χ0) is 17.3. The second-order valence-corrected chi connectivity index (χ2v) is 11.0. The summed E-state index contributed by atoms with van der Waals surface area (Å²) in [5, 5.41) is 0. The number of sulfone groups is 1. The maximum atomic E-state index is 13.0. The Morgan fingerprint density at radius 3 is 2.26 bits per heavy atom. The molecular weight excluding hydrogens is 404 g/mol. The third-order valence-electron chi connectivity index (χ3n) is 3.80. The molecule has 6 nitrogen and oxygen atoms in total. The number of benzene rings is 1. The van der Waals surface area contributed by atoms with Crippen LogP contribution >= 0.6 is 15.9 Å². The third kappa shape index (κ3) is 4.76. The first-order valence-corrected chi connectivity index (χ1v) is 11.3. The second-order valence-electron chi connectivity index (χ2n) is 5.93. The third-order valence-corrected chi connectivity index (χ3v) is 8.05. The highest BCUT2D eigenvalue weighted by Gasteiger charge is 2.38. The summed E-state index contributed by atoms with van der Waals surface area (Å²) in [6.07, 6.45) is 0.353. The number of hydrogen-bond donors (Lipinski definition) is 0. The normalized spacial score (nSPS) is 21.2. The number of rotatable bonds is 6. The molecule has 0 N–H and O–H groups in total. The van der Waals surface area contributed by atoms with Crippen LogP contribution in [-0.4, -0.2) is 70.8 Å². The Bertz CT molecular complexity index is 745. The van der Waals surface area contributed by atoms with Crippen LogP contribution in [0.15, 0.2) is 33.6 Å². The van der Waals surface area contributed by atoms with E-state index in [4.69, 9.17) is 0 Å². The van der Waals surface area contributed by atoms with Gasteiger partial charge in [-0.25, -0.2) is 16.8 Å². The maximum Gasteiger partial charge on any atom is 0.243 e. The van der Waals surface area contributed by atoms with Crippen molar-refractivity contribution >= 4 is 35.8 Å². The molecule has 1 fully saturated rings. The van der Waals surface area contributed by atoms with E-state index in [1.54, 1.807) is 12.1 Å². The molecule has 130 valence electrons. The molecule has 0 aromatic heterocycles. The number of hydrogen-bond acceptors (Lipinski definition) is 5. The Morgan fingerprint density at radius 1 is 1.17 bits per heavy atom. The minimum Gasteiger partial charge on any atom is -0.308 e. The van der Waals surface area contributed by atoms with Gasteiger partial charge in [-0.15, -0.1) is 0 Å². The average Bonchev–Trinajstić information content (AvgIpc) is 2.79. The monoisotopic (exact) mass is 424 g/mol. The molecule has 1 aliphatic rings. The first-order valence-electron chi connectivity index (χ1n) is 7.24. The second kappa shape index (κ2) is 7.18. The van der Waals surface area contributed by atoms with Gasteiger partial charge in [0.2, 0.25) is 10.0 Å². The number of likely N-dealkylation sites (N-methyl/N-ethyl adjacent to an activating group) is 1. The van der Waals surface area contributed by atoms with Gasteiger partial charge in [0.25, 0.3) is 0 Å². The van der Waals surface area contributed by atoms with Crippen LogP contribution < -0.4 is 0 Å². The van der Waals surface area contributed by atoms with Crippen molar-refractivity contribution in [3.8, 4) is 0 Å². The van der Waals surface area contributed by atoms with Crippen LogP contribution in [0.4, 0.5) is 0 Å². The number of nitrogens with zero attached hydrogens (tertiary/aromatic N) is 2. The lowest BCUT2D eigenvalue weighted by atomic mass is 10.2. The van der Waals surface area contributed by atoms with Gasteiger partial charge in [0.05, 0.1) is 16.4 Å². The standard InChI is InChI=1S/C14H21BrN2O4S2/c1-16(2)8-9-17(13-7-10-22(18,19)11-13)23(20,21)14-5-3-12(15)4-6-14/h3-6,13H,7-11H2,1-2H3/t13-/m0/s1. The van der Waals surface area contributed by atoms with Crippen molar-refractivity contribution in [2.24, 2.45) is 0 Å². The van der Waals surface area contributed by atoms with Crippen molar-refractivity contribution in [2.75, 3.05) is 38.7 Å². The molecule has 0 saturated carbocycles. The van der Waals surface area contributed by atoms with Crippen molar-refractivity contribution in [3.05, 3.63) is 28.7 Å². The van der Waals surface area contributed by atoms with Crippen LogP contribution in [0.25, 0.3) is 0 Å². The molecule has 0 radical (unpaired) electrons. The Kier molecular flexibility index (Phi) is 5.89. The molecule has 0 unspecified atom stereocenters. The lowest BCUT2D eigenvalue weighted by Crippen LogP contribution is -2.44. The fourth-order valence-corrected chi connectivity index (χ4v) is 6.28. The maximum absolute atomic E-state index is 13.0. The predicted molar refractivity (Wildman–Crippen MR) is 93.6 cm³/mol. The van der Waals surface area contributed by atoms with Crippen LogP contribution in [0.1, 0.15) is 6.42 Å². The smallest absolute Gasteiger partial charge is 0.243 e. The van der Waals surface area contributed by atoms with Gasteiger partial charge < -0.3 is 4.90 Å². The molecule has 1 aromatic rings. The molecule has 0 spiro atoms. The summed E-state index contributed by atoms with van der Waals surface area (Å²) < 4.78 is 51.5. The van der Waals surface area contributed by atoms with E-state index in [2.05, 4.69) is 15.9 Å². The molecular formula is C14H21BrN2O4S2. The molecule has 1 heterocycles. The van der Waals surface area contributed by atoms with Gasteiger partial charge in [-0.05, 0) is 44.8 Å². The first kappa shape index (κ1) is 18.9. The molecule has 0 amide bonds. The average molecular weight is 425 g/mol. The minimum absolute atomic E-state index is 0.0476. The summed E-state index contributed by atoms with van der Waals surface area (Å²) in [6.45, 7) is 0.803. The van der Waals surface area contributed by atoms with Crippen LogP contribution in [-0.2, 0) is 19.9 Å². The van der Waals surface area contributed by atoms with E-state index in [1.165, 1.54) is 16.4 Å². The molecule has 23 heavy (non-hydrogen) atoms. The summed E-state index contributed by atoms with van der Waals surface area (Å²) in [5.41, 5.74) is 0. The van der Waals surface area contributed by atoms with E-state index in [0.717, 1.165) is 4.47 Å². The van der Waals surface area contributed by atoms with Gasteiger partial charge in [-0.1, -0.05) is 15.9 Å². The van der Waals surface area contributed by atoms with Crippen molar-refractivity contribution < 1.29 is 16.8 Å². The fraction of sp³-hybridized carbons (Fsp3) is 0.571. The Balaban J connectivity index is 2.33. The Labute approximate surface area is 146 Å². The number of sulfonamides is 1. The molecule has 1 aromatic carbocycles. The van der Waals surface area contributed by atoms with Gasteiger partial charge in [-0.3, -0.25) is 0 Å². The van der Waals surface area contributed by atoms with E-state index in [0.29, 0.717) is 13.0 Å².